The quantitative estimate of drug-likeness (QED) is 0.827. The molecule has 4 heteroatoms. The molecule has 0 saturated heterocycles. The van der Waals surface area contributed by atoms with E-state index in [1.54, 1.807) is 0 Å². The van der Waals surface area contributed by atoms with Crippen molar-refractivity contribution in [2.75, 3.05) is 6.61 Å². The van der Waals surface area contributed by atoms with Crippen LogP contribution in [-0.2, 0) is 13.0 Å². The molecule has 0 aliphatic heterocycles. The molecular weight excluding hydrogens is 338 g/mol. The zero-order valence-corrected chi connectivity index (χ0v) is 13.4. The van der Waals surface area contributed by atoms with Gasteiger partial charge in [-0.15, -0.1) is 0 Å². The number of halogens is 2. The molecule has 0 bridgehead atoms. The summed E-state index contributed by atoms with van der Waals surface area (Å²) in [4.78, 5) is 0. The maximum absolute atomic E-state index is 9.48. The summed E-state index contributed by atoms with van der Waals surface area (Å²) in [5, 5.41) is 13.6. The predicted molar refractivity (Wildman–Crippen MR) is 87.0 cm³/mol. The van der Waals surface area contributed by atoms with Crippen molar-refractivity contribution in [3.63, 3.8) is 0 Å². The molecule has 20 heavy (non-hydrogen) atoms. The van der Waals surface area contributed by atoms with Crippen LogP contribution in [0, 0.1) is 0 Å². The number of aliphatic hydroxyl groups excluding tert-OH is 1. The normalized spacial score (nSPS) is 12.3. The fourth-order valence-electron chi connectivity index (χ4n) is 2.02. The smallest absolute Gasteiger partial charge is 0.0587 e. The molecule has 0 spiro atoms. The highest BCUT2D eigenvalue weighted by atomic mass is 79.9. The van der Waals surface area contributed by atoms with E-state index < -0.39 is 0 Å². The highest BCUT2D eigenvalue weighted by molar-refractivity contribution is 9.10. The monoisotopic (exact) mass is 353 g/mol. The van der Waals surface area contributed by atoms with Crippen molar-refractivity contribution in [1.82, 2.24) is 5.32 Å². The fourth-order valence-corrected chi connectivity index (χ4v) is 2.84. The Morgan fingerprint density at radius 2 is 1.90 bits per heavy atom. The summed E-state index contributed by atoms with van der Waals surface area (Å²) in [7, 11) is 0. The molecule has 0 heterocycles. The number of rotatable bonds is 6. The van der Waals surface area contributed by atoms with Crippen LogP contribution in [0.3, 0.4) is 0 Å². The van der Waals surface area contributed by atoms with E-state index >= 15 is 0 Å². The van der Waals surface area contributed by atoms with Crippen LogP contribution in [0.4, 0.5) is 0 Å². The minimum atomic E-state index is 0.0416. The van der Waals surface area contributed by atoms with Gasteiger partial charge in [-0.3, -0.25) is 0 Å². The second-order valence-electron chi connectivity index (χ2n) is 4.69. The van der Waals surface area contributed by atoms with Gasteiger partial charge in [0.2, 0.25) is 0 Å². The van der Waals surface area contributed by atoms with Gasteiger partial charge in [0.05, 0.1) is 6.61 Å². The van der Waals surface area contributed by atoms with E-state index in [4.69, 9.17) is 11.6 Å². The van der Waals surface area contributed by atoms with Gasteiger partial charge in [0.25, 0.3) is 0 Å². The maximum Gasteiger partial charge on any atom is 0.0587 e. The number of nitrogens with one attached hydrogen (secondary N) is 1. The first-order valence-corrected chi connectivity index (χ1v) is 7.68. The minimum Gasteiger partial charge on any atom is -0.395 e. The first-order chi connectivity index (χ1) is 9.69. The Balaban J connectivity index is 1.93. The first kappa shape index (κ1) is 15.5. The van der Waals surface area contributed by atoms with Gasteiger partial charge in [0.15, 0.2) is 0 Å². The van der Waals surface area contributed by atoms with E-state index in [0.717, 1.165) is 16.5 Å². The van der Waals surface area contributed by atoms with Crippen LogP contribution < -0.4 is 5.32 Å². The summed E-state index contributed by atoms with van der Waals surface area (Å²) in [6.45, 7) is 0.802. The van der Waals surface area contributed by atoms with Crippen LogP contribution >= 0.6 is 27.5 Å². The van der Waals surface area contributed by atoms with Crippen molar-refractivity contribution in [3.8, 4) is 0 Å². The lowest BCUT2D eigenvalue weighted by Crippen LogP contribution is -2.34. The van der Waals surface area contributed by atoms with Gasteiger partial charge >= 0.3 is 0 Å². The zero-order chi connectivity index (χ0) is 14.4. The van der Waals surface area contributed by atoms with E-state index in [-0.39, 0.29) is 12.6 Å². The Morgan fingerprint density at radius 3 is 2.55 bits per heavy atom. The summed E-state index contributed by atoms with van der Waals surface area (Å²) < 4.78 is 0.980. The average molecular weight is 355 g/mol. The highest BCUT2D eigenvalue weighted by Crippen LogP contribution is 2.21. The van der Waals surface area contributed by atoms with Crippen LogP contribution in [0.1, 0.15) is 11.1 Å². The van der Waals surface area contributed by atoms with E-state index in [2.05, 4.69) is 33.4 Å². The lowest BCUT2D eigenvalue weighted by Gasteiger charge is -2.17. The lowest BCUT2D eigenvalue weighted by molar-refractivity contribution is 0.240. The summed E-state index contributed by atoms with van der Waals surface area (Å²) >= 11 is 9.42. The first-order valence-electron chi connectivity index (χ1n) is 6.51. The molecule has 2 nitrogen and oxygen atoms in total. The Labute approximate surface area is 132 Å². The van der Waals surface area contributed by atoms with Gasteiger partial charge in [0, 0.05) is 22.1 Å². The van der Waals surface area contributed by atoms with Crippen molar-refractivity contribution in [3.05, 3.63) is 69.2 Å². The fraction of sp³-hybridized carbons (Fsp3) is 0.250. The third-order valence-electron chi connectivity index (χ3n) is 3.14. The molecule has 0 unspecified atom stereocenters. The Kier molecular flexibility index (Phi) is 6.05. The molecular formula is C16H17BrClNO. The van der Waals surface area contributed by atoms with Gasteiger partial charge in [-0.05, 0) is 29.7 Å². The van der Waals surface area contributed by atoms with E-state index in [9.17, 15) is 5.11 Å². The maximum atomic E-state index is 9.48. The predicted octanol–water partition coefficient (Wildman–Crippen LogP) is 3.80. The van der Waals surface area contributed by atoms with Crippen molar-refractivity contribution in [1.29, 1.82) is 0 Å². The Hall–Kier alpha value is -0.870. The van der Waals surface area contributed by atoms with E-state index in [0.29, 0.717) is 11.6 Å². The van der Waals surface area contributed by atoms with Crippen LogP contribution in [0.5, 0.6) is 0 Å². The molecule has 2 N–H and O–H groups in total. The van der Waals surface area contributed by atoms with Crippen LogP contribution in [0.25, 0.3) is 0 Å². The number of benzene rings is 2. The molecule has 0 aliphatic rings. The number of aliphatic hydroxyl groups is 1. The zero-order valence-electron chi connectivity index (χ0n) is 11.0. The van der Waals surface area contributed by atoms with Gasteiger partial charge in [0.1, 0.15) is 0 Å². The average Bonchev–Trinajstić information content (AvgIpc) is 2.46. The summed E-state index contributed by atoms with van der Waals surface area (Å²) in [6.07, 6.45) is 0.808. The summed E-state index contributed by atoms with van der Waals surface area (Å²) in [5.74, 6) is 0. The summed E-state index contributed by atoms with van der Waals surface area (Å²) in [5.41, 5.74) is 2.34. The van der Waals surface area contributed by atoms with Crippen LogP contribution in [0.2, 0.25) is 5.02 Å². The molecule has 0 radical (unpaired) electrons. The van der Waals surface area contributed by atoms with Gasteiger partial charge in [-0.1, -0.05) is 63.9 Å². The van der Waals surface area contributed by atoms with Crippen LogP contribution in [0.15, 0.2) is 53.0 Å². The third-order valence-corrected chi connectivity index (χ3v) is 4.11. The van der Waals surface area contributed by atoms with Gasteiger partial charge < -0.3 is 10.4 Å². The number of hydrogen-bond acceptors (Lipinski definition) is 2. The van der Waals surface area contributed by atoms with Gasteiger partial charge in [-0.2, -0.15) is 0 Å². The molecule has 2 rings (SSSR count). The largest absolute Gasteiger partial charge is 0.395 e. The minimum absolute atomic E-state index is 0.0416. The molecule has 0 saturated carbocycles. The third kappa shape index (κ3) is 4.60. The standard InChI is InChI=1S/C16H17BrClNO/c17-16-9-14(18)7-6-13(16)10-19-15(11-20)8-12-4-2-1-3-5-12/h1-7,9,15,19-20H,8,10-11H2/t15-/m1/s1. The van der Waals surface area contributed by atoms with Crippen molar-refractivity contribution in [2.45, 2.75) is 19.0 Å². The molecule has 1 atom stereocenters. The van der Waals surface area contributed by atoms with Crippen LogP contribution in [-0.4, -0.2) is 17.8 Å². The molecule has 106 valence electrons. The lowest BCUT2D eigenvalue weighted by atomic mass is 10.1. The second-order valence-corrected chi connectivity index (χ2v) is 5.98. The van der Waals surface area contributed by atoms with Crippen molar-refractivity contribution >= 4 is 27.5 Å². The molecule has 0 aromatic heterocycles. The second kappa shape index (κ2) is 7.79. The van der Waals surface area contributed by atoms with E-state index in [1.807, 2.05) is 36.4 Å². The Bertz CT molecular complexity index is 547. The SMILES string of the molecule is OC[C@@H](Cc1ccccc1)NCc1ccc(Cl)cc1Br. The molecule has 0 aliphatic carbocycles. The van der Waals surface area contributed by atoms with Crippen molar-refractivity contribution in [2.24, 2.45) is 0 Å². The topological polar surface area (TPSA) is 32.3 Å². The van der Waals surface area contributed by atoms with Gasteiger partial charge in [-0.25, -0.2) is 0 Å². The molecule has 2 aromatic rings. The summed E-state index contributed by atoms with van der Waals surface area (Å²) in [6, 6.07) is 15.9. The molecule has 0 amide bonds. The number of hydrogen-bond donors (Lipinski definition) is 2. The van der Waals surface area contributed by atoms with E-state index in [1.165, 1.54) is 5.56 Å². The Morgan fingerprint density at radius 1 is 1.15 bits per heavy atom. The molecule has 2 aromatic carbocycles. The molecule has 0 fully saturated rings. The van der Waals surface area contributed by atoms with Crippen molar-refractivity contribution < 1.29 is 5.11 Å². The highest BCUT2D eigenvalue weighted by Gasteiger charge is 2.09.